The quantitative estimate of drug-likeness (QED) is 0.795. The van der Waals surface area contributed by atoms with Crippen molar-refractivity contribution in [1.82, 2.24) is 9.97 Å². The molecule has 2 nitrogen and oxygen atoms in total. The van der Waals surface area contributed by atoms with Crippen LogP contribution in [0.25, 0.3) is 11.0 Å². The van der Waals surface area contributed by atoms with Gasteiger partial charge in [-0.2, -0.15) is 0 Å². The summed E-state index contributed by atoms with van der Waals surface area (Å²) in [7, 11) is 0. The van der Waals surface area contributed by atoms with Crippen molar-refractivity contribution in [3.8, 4) is 0 Å². The fourth-order valence-corrected chi connectivity index (χ4v) is 1.51. The highest BCUT2D eigenvalue weighted by Gasteiger charge is 2.05. The Morgan fingerprint density at radius 2 is 2.29 bits per heavy atom. The minimum atomic E-state index is -0.249. The molecule has 0 saturated heterocycles. The van der Waals surface area contributed by atoms with Gasteiger partial charge in [0.25, 0.3) is 0 Å². The molecule has 2 rings (SSSR count). The molecule has 0 unspecified atom stereocenters. The van der Waals surface area contributed by atoms with Crippen LogP contribution in [0, 0.1) is 5.82 Å². The first kappa shape index (κ1) is 9.19. The van der Waals surface area contributed by atoms with Crippen LogP contribution in [0.15, 0.2) is 18.2 Å². The Kier molecular flexibility index (Phi) is 2.48. The Morgan fingerprint density at radius 1 is 1.43 bits per heavy atom. The highest BCUT2D eigenvalue weighted by atomic mass is 19.1. The zero-order valence-corrected chi connectivity index (χ0v) is 8.18. The summed E-state index contributed by atoms with van der Waals surface area (Å²) in [4.78, 5) is 7.34. The van der Waals surface area contributed by atoms with E-state index in [1.165, 1.54) is 6.07 Å². The molecule has 0 aliphatic rings. The number of nitrogens with zero attached hydrogens (tertiary/aromatic N) is 1. The second-order valence-corrected chi connectivity index (χ2v) is 3.42. The van der Waals surface area contributed by atoms with Gasteiger partial charge in [0.15, 0.2) is 5.82 Å². The second-order valence-electron chi connectivity index (χ2n) is 3.42. The molecule has 74 valence electrons. The van der Waals surface area contributed by atoms with Crippen LogP contribution in [-0.4, -0.2) is 9.97 Å². The first-order valence-electron chi connectivity index (χ1n) is 4.94. The monoisotopic (exact) mass is 192 g/mol. The number of nitrogens with one attached hydrogen (secondary N) is 1. The average molecular weight is 192 g/mol. The van der Waals surface area contributed by atoms with Gasteiger partial charge in [0, 0.05) is 6.42 Å². The number of aryl methyl sites for hydroxylation is 1. The molecule has 0 radical (unpaired) electrons. The zero-order chi connectivity index (χ0) is 9.97. The van der Waals surface area contributed by atoms with E-state index >= 15 is 0 Å². The van der Waals surface area contributed by atoms with Crippen molar-refractivity contribution in [1.29, 1.82) is 0 Å². The number of H-pyrrole nitrogens is 1. The molecule has 0 atom stereocenters. The Bertz CT molecular complexity index is 434. The third kappa shape index (κ3) is 1.62. The molecule has 0 aliphatic heterocycles. The van der Waals surface area contributed by atoms with Crippen molar-refractivity contribution >= 4 is 11.0 Å². The maximum absolute atomic E-state index is 13.2. The number of aromatic nitrogens is 2. The summed E-state index contributed by atoms with van der Waals surface area (Å²) in [6.45, 7) is 2.13. The fraction of sp³-hybridized carbons (Fsp3) is 0.364. The number of aromatic amines is 1. The van der Waals surface area contributed by atoms with Gasteiger partial charge in [-0.1, -0.05) is 19.4 Å². The standard InChI is InChI=1S/C11H13FN2/c1-2-3-7-10-13-9-6-4-5-8(12)11(9)14-10/h4-6H,2-3,7H2,1H3,(H,13,14). The van der Waals surface area contributed by atoms with Crippen molar-refractivity contribution in [2.24, 2.45) is 0 Å². The molecule has 3 heteroatoms. The van der Waals surface area contributed by atoms with Crippen LogP contribution in [-0.2, 0) is 6.42 Å². The lowest BCUT2D eigenvalue weighted by molar-refractivity contribution is 0.636. The number of unbranched alkanes of at least 4 members (excludes halogenated alkanes) is 1. The second kappa shape index (κ2) is 3.78. The molecule has 2 aromatic rings. The maximum Gasteiger partial charge on any atom is 0.151 e. The Morgan fingerprint density at radius 3 is 3.00 bits per heavy atom. The molecule has 0 aliphatic carbocycles. The molecule has 1 heterocycles. The SMILES string of the molecule is CCCCc1nc2c(F)cccc2[nH]1. The van der Waals surface area contributed by atoms with Crippen molar-refractivity contribution in [2.75, 3.05) is 0 Å². The summed E-state index contributed by atoms with van der Waals surface area (Å²) < 4.78 is 13.2. The fourth-order valence-electron chi connectivity index (χ4n) is 1.51. The van der Waals surface area contributed by atoms with E-state index in [1.807, 2.05) is 6.07 Å². The molecule has 0 saturated carbocycles. The predicted octanol–water partition coefficient (Wildman–Crippen LogP) is 3.04. The van der Waals surface area contributed by atoms with Gasteiger partial charge in [0.2, 0.25) is 0 Å². The van der Waals surface area contributed by atoms with E-state index < -0.39 is 0 Å². The molecule has 1 aromatic carbocycles. The third-order valence-corrected chi connectivity index (χ3v) is 2.28. The summed E-state index contributed by atoms with van der Waals surface area (Å²) in [5, 5.41) is 0. The van der Waals surface area contributed by atoms with Gasteiger partial charge in [0.05, 0.1) is 5.52 Å². The minimum absolute atomic E-state index is 0.249. The number of fused-ring (bicyclic) bond motifs is 1. The Hall–Kier alpha value is -1.38. The normalized spacial score (nSPS) is 11.0. The lowest BCUT2D eigenvalue weighted by Crippen LogP contribution is -1.86. The van der Waals surface area contributed by atoms with Gasteiger partial charge in [-0.3, -0.25) is 0 Å². The van der Waals surface area contributed by atoms with Gasteiger partial charge in [-0.25, -0.2) is 9.37 Å². The van der Waals surface area contributed by atoms with Gasteiger partial charge >= 0.3 is 0 Å². The summed E-state index contributed by atoms with van der Waals surface area (Å²) >= 11 is 0. The topological polar surface area (TPSA) is 28.7 Å². The van der Waals surface area contributed by atoms with Crippen LogP contribution >= 0.6 is 0 Å². The van der Waals surface area contributed by atoms with Crippen LogP contribution in [0.1, 0.15) is 25.6 Å². The number of para-hydroxylation sites is 1. The Labute approximate surface area is 82.2 Å². The van der Waals surface area contributed by atoms with E-state index in [9.17, 15) is 4.39 Å². The summed E-state index contributed by atoms with van der Waals surface area (Å²) in [5.41, 5.74) is 1.25. The van der Waals surface area contributed by atoms with E-state index in [4.69, 9.17) is 0 Å². The van der Waals surface area contributed by atoms with E-state index in [0.29, 0.717) is 5.52 Å². The van der Waals surface area contributed by atoms with Crippen LogP contribution in [0.3, 0.4) is 0 Å². The smallest absolute Gasteiger partial charge is 0.151 e. The highest BCUT2D eigenvalue weighted by Crippen LogP contribution is 2.15. The lowest BCUT2D eigenvalue weighted by atomic mass is 10.2. The summed E-state index contributed by atoms with van der Waals surface area (Å²) in [5.74, 6) is 0.633. The first-order valence-corrected chi connectivity index (χ1v) is 4.94. The minimum Gasteiger partial charge on any atom is -0.342 e. The maximum atomic E-state index is 13.2. The highest BCUT2D eigenvalue weighted by molar-refractivity contribution is 5.75. The number of benzene rings is 1. The van der Waals surface area contributed by atoms with Crippen LogP contribution in [0.4, 0.5) is 4.39 Å². The Balaban J connectivity index is 2.36. The molecule has 0 bridgehead atoms. The molecular weight excluding hydrogens is 179 g/mol. The zero-order valence-electron chi connectivity index (χ0n) is 8.18. The largest absolute Gasteiger partial charge is 0.342 e. The van der Waals surface area contributed by atoms with Gasteiger partial charge in [0.1, 0.15) is 11.3 Å². The van der Waals surface area contributed by atoms with Gasteiger partial charge in [-0.05, 0) is 18.6 Å². The van der Waals surface area contributed by atoms with E-state index in [1.54, 1.807) is 6.07 Å². The molecular formula is C11H13FN2. The molecule has 0 amide bonds. The van der Waals surface area contributed by atoms with Crippen LogP contribution in [0.5, 0.6) is 0 Å². The van der Waals surface area contributed by atoms with Crippen molar-refractivity contribution in [3.63, 3.8) is 0 Å². The van der Waals surface area contributed by atoms with Crippen molar-refractivity contribution < 1.29 is 4.39 Å². The summed E-state index contributed by atoms with van der Waals surface area (Å²) in [6.07, 6.45) is 3.10. The van der Waals surface area contributed by atoms with Crippen LogP contribution in [0.2, 0.25) is 0 Å². The third-order valence-electron chi connectivity index (χ3n) is 2.28. The number of imidazole rings is 1. The predicted molar refractivity (Wildman–Crippen MR) is 54.7 cm³/mol. The number of rotatable bonds is 3. The molecule has 1 N–H and O–H groups in total. The molecule has 14 heavy (non-hydrogen) atoms. The molecule has 1 aromatic heterocycles. The number of halogens is 1. The van der Waals surface area contributed by atoms with Crippen LogP contribution < -0.4 is 0 Å². The average Bonchev–Trinajstić information content (AvgIpc) is 2.59. The van der Waals surface area contributed by atoms with Crippen molar-refractivity contribution in [2.45, 2.75) is 26.2 Å². The van der Waals surface area contributed by atoms with Gasteiger partial charge < -0.3 is 4.98 Å². The summed E-state index contributed by atoms with van der Waals surface area (Å²) in [6, 6.07) is 4.98. The lowest BCUT2D eigenvalue weighted by Gasteiger charge is -1.90. The molecule has 0 fully saturated rings. The number of hydrogen-bond acceptors (Lipinski definition) is 1. The molecule has 0 spiro atoms. The first-order chi connectivity index (χ1) is 6.81. The van der Waals surface area contributed by atoms with Crippen molar-refractivity contribution in [3.05, 3.63) is 29.8 Å². The van der Waals surface area contributed by atoms with E-state index in [-0.39, 0.29) is 5.82 Å². The number of hydrogen-bond donors (Lipinski definition) is 1. The van der Waals surface area contributed by atoms with E-state index in [0.717, 1.165) is 30.6 Å². The van der Waals surface area contributed by atoms with E-state index in [2.05, 4.69) is 16.9 Å². The van der Waals surface area contributed by atoms with Gasteiger partial charge in [-0.15, -0.1) is 0 Å².